The van der Waals surface area contributed by atoms with E-state index in [0.29, 0.717) is 0 Å². The molecule has 17 heavy (non-hydrogen) atoms. The molecule has 0 amide bonds. The summed E-state index contributed by atoms with van der Waals surface area (Å²) in [6.45, 7) is -1.43. The van der Waals surface area contributed by atoms with Crippen molar-refractivity contribution in [3.63, 3.8) is 0 Å². The van der Waals surface area contributed by atoms with Gasteiger partial charge in [-0.3, -0.25) is 4.79 Å². The van der Waals surface area contributed by atoms with Crippen LogP contribution in [0.5, 0.6) is 5.75 Å². The molecule has 0 spiro atoms. The highest BCUT2D eigenvalue weighted by Crippen LogP contribution is 2.24. The minimum atomic E-state index is -2.32. The number of aromatic hydroxyl groups is 1. The van der Waals surface area contributed by atoms with Gasteiger partial charge in [0.05, 0.1) is 0 Å². The van der Waals surface area contributed by atoms with Crippen molar-refractivity contribution >= 4 is 5.97 Å². The van der Waals surface area contributed by atoms with E-state index in [-0.39, 0.29) is 0 Å². The van der Waals surface area contributed by atoms with E-state index in [0.717, 1.165) is 12.1 Å². The standard InChI is InChI=1S/C10H10F3NO3/c11-4-10(14,9(16)17)3-5-1-2-6(15)8(13)7(5)12/h1-2,15H,3-4,14H2,(H,16,17)/t10-/m1/s1. The molecule has 0 aliphatic carbocycles. The van der Waals surface area contributed by atoms with Crippen LogP contribution < -0.4 is 5.73 Å². The molecular formula is C10H10F3NO3. The van der Waals surface area contributed by atoms with Crippen LogP contribution in [0, 0.1) is 11.6 Å². The van der Waals surface area contributed by atoms with Gasteiger partial charge >= 0.3 is 5.97 Å². The van der Waals surface area contributed by atoms with E-state index in [1.807, 2.05) is 0 Å². The lowest BCUT2D eigenvalue weighted by molar-refractivity contribution is -0.143. The van der Waals surface area contributed by atoms with E-state index in [1.54, 1.807) is 0 Å². The van der Waals surface area contributed by atoms with Crippen molar-refractivity contribution in [2.45, 2.75) is 12.0 Å². The van der Waals surface area contributed by atoms with Crippen LogP contribution in [0.3, 0.4) is 0 Å². The Morgan fingerprint density at radius 2 is 1.94 bits per heavy atom. The number of phenols is 1. The second-order valence-corrected chi connectivity index (χ2v) is 3.64. The van der Waals surface area contributed by atoms with E-state index >= 15 is 0 Å². The number of rotatable bonds is 4. The molecular weight excluding hydrogens is 239 g/mol. The van der Waals surface area contributed by atoms with Gasteiger partial charge in [0.1, 0.15) is 12.2 Å². The minimum absolute atomic E-state index is 0.414. The lowest BCUT2D eigenvalue weighted by Crippen LogP contribution is -2.52. The third-order valence-electron chi connectivity index (χ3n) is 2.31. The Bertz CT molecular complexity index is 453. The summed E-state index contributed by atoms with van der Waals surface area (Å²) in [5.41, 5.74) is 2.47. The molecule has 0 radical (unpaired) electrons. The molecule has 0 saturated carbocycles. The SMILES string of the molecule is N[C@@](CF)(Cc1ccc(O)c(F)c1F)C(=O)O. The number of hydrogen-bond donors (Lipinski definition) is 3. The number of hydrogen-bond acceptors (Lipinski definition) is 3. The number of alkyl halides is 1. The van der Waals surface area contributed by atoms with E-state index in [4.69, 9.17) is 15.9 Å². The van der Waals surface area contributed by atoms with Gasteiger partial charge in [-0.05, 0) is 11.6 Å². The summed E-state index contributed by atoms with van der Waals surface area (Å²) in [5, 5.41) is 17.5. The zero-order chi connectivity index (χ0) is 13.2. The van der Waals surface area contributed by atoms with E-state index in [9.17, 15) is 18.0 Å². The number of benzene rings is 1. The average molecular weight is 249 g/mol. The summed E-state index contributed by atoms with van der Waals surface area (Å²) < 4.78 is 38.8. The first-order valence-electron chi connectivity index (χ1n) is 4.56. The summed E-state index contributed by atoms with van der Waals surface area (Å²) in [6.07, 6.45) is -0.720. The molecule has 0 fully saturated rings. The van der Waals surface area contributed by atoms with Crippen LogP contribution in [0.4, 0.5) is 13.2 Å². The fraction of sp³-hybridized carbons (Fsp3) is 0.300. The number of carboxylic acids is 1. The first-order valence-corrected chi connectivity index (χ1v) is 4.56. The molecule has 0 unspecified atom stereocenters. The Hall–Kier alpha value is -1.76. The molecule has 1 atom stereocenters. The van der Waals surface area contributed by atoms with Crippen LogP contribution in [0.2, 0.25) is 0 Å². The number of carbonyl (C=O) groups is 1. The molecule has 4 nitrogen and oxygen atoms in total. The predicted molar refractivity (Wildman–Crippen MR) is 52.3 cm³/mol. The quantitative estimate of drug-likeness (QED) is 0.742. The molecule has 0 aliphatic heterocycles. The predicted octanol–water partition coefficient (Wildman–Crippen LogP) is 0.964. The van der Waals surface area contributed by atoms with Gasteiger partial charge in [0.25, 0.3) is 0 Å². The summed E-state index contributed by atoms with van der Waals surface area (Å²) >= 11 is 0. The Morgan fingerprint density at radius 3 is 2.41 bits per heavy atom. The first-order chi connectivity index (χ1) is 7.81. The average Bonchev–Trinajstić information content (AvgIpc) is 2.29. The summed E-state index contributed by atoms with van der Waals surface area (Å²) in [5.74, 6) is -5.53. The fourth-order valence-electron chi connectivity index (χ4n) is 1.24. The van der Waals surface area contributed by atoms with Crippen LogP contribution in [0.1, 0.15) is 5.56 Å². The van der Waals surface area contributed by atoms with Gasteiger partial charge in [-0.2, -0.15) is 4.39 Å². The van der Waals surface area contributed by atoms with Crippen molar-refractivity contribution in [3.8, 4) is 5.75 Å². The molecule has 0 aromatic heterocycles. The summed E-state index contributed by atoms with van der Waals surface area (Å²) in [7, 11) is 0. The van der Waals surface area contributed by atoms with Crippen molar-refractivity contribution in [1.82, 2.24) is 0 Å². The second-order valence-electron chi connectivity index (χ2n) is 3.64. The number of carboxylic acid groups (broad SMARTS) is 1. The lowest BCUT2D eigenvalue weighted by atomic mass is 9.93. The maximum Gasteiger partial charge on any atom is 0.326 e. The Kier molecular flexibility index (Phi) is 3.62. The highest BCUT2D eigenvalue weighted by Gasteiger charge is 2.35. The van der Waals surface area contributed by atoms with Gasteiger partial charge in [-0.1, -0.05) is 6.07 Å². The van der Waals surface area contributed by atoms with Crippen molar-refractivity contribution in [1.29, 1.82) is 0 Å². The molecule has 4 N–H and O–H groups in total. The van der Waals surface area contributed by atoms with Gasteiger partial charge in [0.2, 0.25) is 5.82 Å². The van der Waals surface area contributed by atoms with Crippen molar-refractivity contribution in [3.05, 3.63) is 29.3 Å². The zero-order valence-corrected chi connectivity index (χ0v) is 8.58. The number of phenolic OH excluding ortho intramolecular Hbond substituents is 1. The molecule has 94 valence electrons. The second kappa shape index (κ2) is 4.62. The molecule has 0 heterocycles. The molecule has 0 aliphatic rings. The van der Waals surface area contributed by atoms with Crippen LogP contribution in [-0.2, 0) is 11.2 Å². The molecule has 1 rings (SSSR count). The van der Waals surface area contributed by atoms with Crippen LogP contribution in [0.15, 0.2) is 12.1 Å². The number of nitrogens with two attached hydrogens (primary N) is 1. The van der Waals surface area contributed by atoms with Crippen molar-refractivity contribution in [2.75, 3.05) is 6.67 Å². The number of halogens is 3. The maximum atomic E-state index is 13.3. The molecule has 1 aromatic rings. The molecule has 7 heteroatoms. The molecule has 1 aromatic carbocycles. The molecule has 0 bridgehead atoms. The van der Waals surface area contributed by atoms with Crippen molar-refractivity contribution in [2.24, 2.45) is 5.73 Å². The van der Waals surface area contributed by atoms with Crippen LogP contribution >= 0.6 is 0 Å². The normalized spacial score (nSPS) is 14.4. The van der Waals surface area contributed by atoms with Gasteiger partial charge in [0.15, 0.2) is 11.6 Å². The highest BCUT2D eigenvalue weighted by molar-refractivity contribution is 5.79. The van der Waals surface area contributed by atoms with Gasteiger partial charge in [0, 0.05) is 6.42 Å². The smallest absolute Gasteiger partial charge is 0.326 e. The summed E-state index contributed by atoms with van der Waals surface area (Å²) in [6, 6.07) is 1.79. The van der Waals surface area contributed by atoms with E-state index < -0.39 is 47.6 Å². The lowest BCUT2D eigenvalue weighted by Gasteiger charge is -2.21. The number of aliphatic carboxylic acids is 1. The van der Waals surface area contributed by atoms with Crippen molar-refractivity contribution < 1.29 is 28.2 Å². The third-order valence-corrected chi connectivity index (χ3v) is 2.31. The van der Waals surface area contributed by atoms with Gasteiger partial charge in [-0.15, -0.1) is 0 Å². The minimum Gasteiger partial charge on any atom is -0.505 e. The monoisotopic (exact) mass is 249 g/mol. The highest BCUT2D eigenvalue weighted by atomic mass is 19.2. The third kappa shape index (κ3) is 2.50. The topological polar surface area (TPSA) is 83.5 Å². The first kappa shape index (κ1) is 13.3. The Labute approximate surface area is 94.5 Å². The maximum absolute atomic E-state index is 13.3. The Balaban J connectivity index is 3.11. The summed E-state index contributed by atoms with van der Waals surface area (Å²) in [4.78, 5) is 10.7. The van der Waals surface area contributed by atoms with Crippen LogP contribution in [0.25, 0.3) is 0 Å². The zero-order valence-electron chi connectivity index (χ0n) is 8.58. The fourth-order valence-corrected chi connectivity index (χ4v) is 1.24. The van der Waals surface area contributed by atoms with E-state index in [1.165, 1.54) is 0 Å². The van der Waals surface area contributed by atoms with Gasteiger partial charge < -0.3 is 15.9 Å². The Morgan fingerprint density at radius 1 is 1.35 bits per heavy atom. The largest absolute Gasteiger partial charge is 0.505 e. The van der Waals surface area contributed by atoms with E-state index in [2.05, 4.69) is 0 Å². The van der Waals surface area contributed by atoms with Crippen LogP contribution in [-0.4, -0.2) is 28.4 Å². The molecule has 0 saturated heterocycles. The van der Waals surface area contributed by atoms with Gasteiger partial charge in [-0.25, -0.2) is 8.78 Å².